The number of nitrogens with zero attached hydrogens (tertiary/aromatic N) is 1. The van der Waals surface area contributed by atoms with Gasteiger partial charge in [-0.2, -0.15) is 0 Å². The van der Waals surface area contributed by atoms with Gasteiger partial charge in [-0.15, -0.1) is 0 Å². The number of hydrogen-bond acceptors (Lipinski definition) is 4. The monoisotopic (exact) mass is 407 g/mol. The number of allylic oxidation sites excluding steroid dienone is 5. The van der Waals surface area contributed by atoms with Gasteiger partial charge in [-0.3, -0.25) is 4.79 Å². The number of rotatable bonds is 4. The molecule has 4 nitrogen and oxygen atoms in total. The number of halogens is 1. The number of hydrogen-bond donors (Lipinski definition) is 0. The van der Waals surface area contributed by atoms with Gasteiger partial charge in [0.15, 0.2) is 0 Å². The second-order valence-electron chi connectivity index (χ2n) is 7.00. The average molecular weight is 408 g/mol. The van der Waals surface area contributed by atoms with Crippen LogP contribution in [0, 0.1) is 11.8 Å². The first-order chi connectivity index (χ1) is 14.1. The molecule has 0 N–H and O–H groups in total. The fraction of sp³-hybridized carbons (Fsp3) is 0.208. The average Bonchev–Trinajstić information content (AvgIpc) is 2.89. The van der Waals surface area contributed by atoms with Crippen molar-refractivity contribution in [1.82, 2.24) is 0 Å². The van der Waals surface area contributed by atoms with Crippen LogP contribution in [0.3, 0.4) is 0 Å². The maximum absolute atomic E-state index is 12.9. The number of methoxy groups -OCH3 is 2. The molecule has 1 aliphatic carbocycles. The molecule has 1 heterocycles. The van der Waals surface area contributed by atoms with E-state index < -0.39 is 0 Å². The molecule has 2 aromatic rings. The molecule has 148 valence electrons. The Morgan fingerprint density at radius 3 is 2.34 bits per heavy atom. The van der Waals surface area contributed by atoms with Crippen molar-refractivity contribution >= 4 is 23.3 Å². The second-order valence-corrected chi connectivity index (χ2v) is 7.44. The molecule has 1 unspecified atom stereocenters. The predicted molar refractivity (Wildman–Crippen MR) is 115 cm³/mol. The Morgan fingerprint density at radius 2 is 1.69 bits per heavy atom. The lowest BCUT2D eigenvalue weighted by molar-refractivity contribution is -0.146. The highest BCUT2D eigenvalue weighted by Gasteiger charge is 2.49. The van der Waals surface area contributed by atoms with E-state index in [0.29, 0.717) is 5.02 Å². The SMILES string of the molecule is COC(=O)[C@@H]1C2C=CC=CC=C2N(c2ccc(OC)cc2)[C@H]1c1ccc(Cl)cc1. The highest BCUT2D eigenvalue weighted by atomic mass is 35.5. The predicted octanol–water partition coefficient (Wildman–Crippen LogP) is 5.33. The molecular formula is C24H22ClNO3. The van der Waals surface area contributed by atoms with Crippen LogP contribution in [-0.4, -0.2) is 20.2 Å². The first kappa shape index (κ1) is 19.3. The second kappa shape index (κ2) is 8.18. The van der Waals surface area contributed by atoms with Gasteiger partial charge >= 0.3 is 5.97 Å². The standard InChI is InChI=1S/C24H22ClNO3/c1-28-19-14-12-18(13-15-19)26-21-7-5-3-4-6-20(21)22(24(27)29-2)23(26)16-8-10-17(25)11-9-16/h3-15,20,22-23H,1-2H3/t20?,22-,23+/m1/s1. The molecule has 0 aromatic heterocycles. The van der Waals surface area contributed by atoms with Gasteiger partial charge in [0.1, 0.15) is 5.75 Å². The topological polar surface area (TPSA) is 38.8 Å². The summed E-state index contributed by atoms with van der Waals surface area (Å²) in [6.45, 7) is 0. The van der Waals surface area contributed by atoms with Crippen LogP contribution in [0.25, 0.3) is 0 Å². The van der Waals surface area contributed by atoms with Crippen LogP contribution in [0.5, 0.6) is 5.75 Å². The fourth-order valence-corrected chi connectivity index (χ4v) is 4.28. The van der Waals surface area contributed by atoms with Gasteiger partial charge < -0.3 is 14.4 Å². The van der Waals surface area contributed by atoms with Crippen LogP contribution in [0.15, 0.2) is 84.6 Å². The van der Waals surface area contributed by atoms with Crippen LogP contribution < -0.4 is 9.64 Å². The molecule has 1 fully saturated rings. The molecular weight excluding hydrogens is 386 g/mol. The van der Waals surface area contributed by atoms with Gasteiger partial charge in [-0.25, -0.2) is 0 Å². The molecule has 0 radical (unpaired) electrons. The Hall–Kier alpha value is -2.98. The zero-order valence-corrected chi connectivity index (χ0v) is 17.0. The third kappa shape index (κ3) is 3.56. The van der Waals surface area contributed by atoms with E-state index in [2.05, 4.69) is 17.1 Å². The Kier molecular flexibility index (Phi) is 5.45. The van der Waals surface area contributed by atoms with Gasteiger partial charge in [0, 0.05) is 22.3 Å². The number of fused-ring (bicyclic) bond motifs is 1. The molecule has 0 saturated carbocycles. The van der Waals surface area contributed by atoms with Crippen molar-refractivity contribution in [1.29, 1.82) is 0 Å². The molecule has 0 bridgehead atoms. The quantitative estimate of drug-likeness (QED) is 0.642. The maximum Gasteiger partial charge on any atom is 0.312 e. The van der Waals surface area contributed by atoms with E-state index in [0.717, 1.165) is 22.7 Å². The van der Waals surface area contributed by atoms with E-state index in [4.69, 9.17) is 21.1 Å². The zero-order chi connectivity index (χ0) is 20.4. The van der Waals surface area contributed by atoms with Gasteiger partial charge in [0.05, 0.1) is 26.2 Å². The maximum atomic E-state index is 12.9. The van der Waals surface area contributed by atoms with Crippen molar-refractivity contribution in [3.05, 3.63) is 95.2 Å². The molecule has 2 aliphatic rings. The molecule has 5 heteroatoms. The third-order valence-electron chi connectivity index (χ3n) is 5.47. The molecule has 1 saturated heterocycles. The van der Waals surface area contributed by atoms with Gasteiger partial charge in [-0.1, -0.05) is 48.0 Å². The van der Waals surface area contributed by atoms with Crippen molar-refractivity contribution < 1.29 is 14.3 Å². The summed E-state index contributed by atoms with van der Waals surface area (Å²) in [4.78, 5) is 15.1. The Labute approximate surface area is 175 Å². The Bertz CT molecular complexity index is 976. The minimum Gasteiger partial charge on any atom is -0.497 e. The Balaban J connectivity index is 1.90. The van der Waals surface area contributed by atoms with Crippen LogP contribution in [0.2, 0.25) is 5.02 Å². The lowest BCUT2D eigenvalue weighted by atomic mass is 9.85. The van der Waals surface area contributed by atoms with Gasteiger partial charge in [0.2, 0.25) is 0 Å². The first-order valence-electron chi connectivity index (χ1n) is 9.45. The van der Waals surface area contributed by atoms with E-state index in [9.17, 15) is 4.79 Å². The molecule has 2 aromatic carbocycles. The largest absolute Gasteiger partial charge is 0.497 e. The summed E-state index contributed by atoms with van der Waals surface area (Å²) < 4.78 is 10.5. The summed E-state index contributed by atoms with van der Waals surface area (Å²) in [6.07, 6.45) is 10.1. The van der Waals surface area contributed by atoms with Crippen molar-refractivity contribution in [3.8, 4) is 5.75 Å². The van der Waals surface area contributed by atoms with E-state index in [-0.39, 0.29) is 23.8 Å². The summed E-state index contributed by atoms with van der Waals surface area (Å²) in [5.74, 6) is 0.0704. The van der Waals surface area contributed by atoms with E-state index >= 15 is 0 Å². The van der Waals surface area contributed by atoms with E-state index in [1.54, 1.807) is 7.11 Å². The van der Waals surface area contributed by atoms with Crippen molar-refractivity contribution in [3.63, 3.8) is 0 Å². The fourth-order valence-electron chi connectivity index (χ4n) is 4.15. The van der Waals surface area contributed by atoms with Crippen LogP contribution in [-0.2, 0) is 9.53 Å². The molecule has 29 heavy (non-hydrogen) atoms. The smallest absolute Gasteiger partial charge is 0.312 e. The molecule has 0 amide bonds. The van der Waals surface area contributed by atoms with E-state index in [1.807, 2.05) is 66.8 Å². The highest BCUT2D eigenvalue weighted by molar-refractivity contribution is 6.30. The third-order valence-corrected chi connectivity index (χ3v) is 5.72. The first-order valence-corrected chi connectivity index (χ1v) is 9.83. The zero-order valence-electron chi connectivity index (χ0n) is 16.3. The highest BCUT2D eigenvalue weighted by Crippen LogP contribution is 2.51. The Morgan fingerprint density at radius 1 is 0.966 bits per heavy atom. The number of anilines is 1. The number of esters is 1. The minimum atomic E-state index is -0.384. The van der Waals surface area contributed by atoms with Crippen LogP contribution in [0.4, 0.5) is 5.69 Å². The lowest BCUT2D eigenvalue weighted by Gasteiger charge is -2.30. The van der Waals surface area contributed by atoms with Crippen LogP contribution in [0.1, 0.15) is 11.6 Å². The summed E-state index contributed by atoms with van der Waals surface area (Å²) >= 11 is 6.12. The van der Waals surface area contributed by atoms with Crippen LogP contribution >= 0.6 is 11.6 Å². The number of ether oxygens (including phenoxy) is 2. The lowest BCUT2D eigenvalue weighted by Crippen LogP contribution is -2.29. The summed E-state index contributed by atoms with van der Waals surface area (Å²) in [5, 5.41) is 0.661. The van der Waals surface area contributed by atoms with E-state index in [1.165, 1.54) is 7.11 Å². The number of benzene rings is 2. The molecule has 4 rings (SSSR count). The molecule has 3 atom stereocenters. The summed E-state index contributed by atoms with van der Waals surface area (Å²) in [5.41, 5.74) is 3.04. The minimum absolute atomic E-state index is 0.0970. The van der Waals surface area contributed by atoms with Crippen molar-refractivity contribution in [2.24, 2.45) is 11.8 Å². The number of carbonyl (C=O) groups is 1. The molecule has 0 spiro atoms. The van der Waals surface area contributed by atoms with Crippen molar-refractivity contribution in [2.45, 2.75) is 6.04 Å². The number of carbonyl (C=O) groups excluding carboxylic acids is 1. The molecule has 1 aliphatic heterocycles. The van der Waals surface area contributed by atoms with Gasteiger partial charge in [-0.05, 0) is 48.0 Å². The summed E-state index contributed by atoms with van der Waals surface area (Å²) in [7, 11) is 3.09. The van der Waals surface area contributed by atoms with Gasteiger partial charge in [0.25, 0.3) is 0 Å². The normalized spacial score (nSPS) is 22.7. The van der Waals surface area contributed by atoms with Crippen molar-refractivity contribution in [2.75, 3.05) is 19.1 Å². The summed E-state index contributed by atoms with van der Waals surface area (Å²) in [6, 6.07) is 15.3.